The van der Waals surface area contributed by atoms with Crippen molar-refractivity contribution < 1.29 is 29.0 Å². The Morgan fingerprint density at radius 2 is 1.91 bits per heavy atom. The fourth-order valence-electron chi connectivity index (χ4n) is 1.76. The molecule has 1 fully saturated rings. The van der Waals surface area contributed by atoms with Crippen LogP contribution in [0.25, 0.3) is 0 Å². The van der Waals surface area contributed by atoms with E-state index < -0.39 is 19.8 Å². The molecule has 1 aliphatic rings. The van der Waals surface area contributed by atoms with Gasteiger partial charge in [-0.1, -0.05) is 29.7 Å². The van der Waals surface area contributed by atoms with Gasteiger partial charge in [0.05, 0.1) is 25.0 Å². The third-order valence-electron chi connectivity index (χ3n) is 2.92. The summed E-state index contributed by atoms with van der Waals surface area (Å²) in [4.78, 5) is 9.56. The highest BCUT2D eigenvalue weighted by atomic mass is 31.2. The van der Waals surface area contributed by atoms with Crippen LogP contribution in [0.15, 0.2) is 0 Å². The monoisotopic (exact) mass is 347 g/mol. The lowest BCUT2D eigenvalue weighted by atomic mass is 10.1. The minimum atomic E-state index is -3.70. The number of nitrogens with one attached hydrogen (secondary N) is 1. The van der Waals surface area contributed by atoms with Gasteiger partial charge in [-0.15, -0.1) is 0 Å². The molecule has 7 nitrogen and oxygen atoms in total. The molecule has 1 saturated heterocycles. The lowest BCUT2D eigenvalue weighted by Gasteiger charge is -2.18. The number of hydroxylamine groups is 1. The Bertz CT molecular complexity index is 305. The van der Waals surface area contributed by atoms with E-state index >= 15 is 0 Å². The minimum absolute atomic E-state index is 0. The van der Waals surface area contributed by atoms with E-state index in [1.165, 1.54) is 0 Å². The summed E-state index contributed by atoms with van der Waals surface area (Å²) < 4.78 is 22.0. The first-order valence-electron chi connectivity index (χ1n) is 6.03. The van der Waals surface area contributed by atoms with Gasteiger partial charge in [-0.05, 0) is 20.3 Å². The first-order chi connectivity index (χ1) is 8.34. The zero-order valence-corrected chi connectivity index (χ0v) is 11.5. The van der Waals surface area contributed by atoms with Crippen LogP contribution in [0.1, 0.15) is 56.4 Å². The summed E-state index contributed by atoms with van der Waals surface area (Å²) in [6.45, 7) is 3.42. The average Bonchev–Trinajstić information content (AvgIpc) is 2.62. The number of ether oxygens (including phenoxy) is 1. The highest BCUT2D eigenvalue weighted by Gasteiger charge is 2.33. The molecule has 1 rings (SSSR count). The lowest BCUT2D eigenvalue weighted by molar-refractivity contribution is -0.0130. The third-order valence-corrected chi connectivity index (χ3v) is 4.29. The summed E-state index contributed by atoms with van der Waals surface area (Å²) in [7, 11) is -3.70. The van der Waals surface area contributed by atoms with Gasteiger partial charge in [0, 0.05) is 12.5 Å². The molecule has 5 atom stereocenters. The Hall–Kier alpha value is -0.0100. The number of aliphatic hydroxyl groups excluding tert-OH is 1. The lowest BCUT2D eigenvalue weighted by Crippen LogP contribution is -2.27. The zero-order valence-electron chi connectivity index (χ0n) is 10.7. The van der Waals surface area contributed by atoms with E-state index in [4.69, 9.17) is 14.5 Å². The summed E-state index contributed by atoms with van der Waals surface area (Å²) in [5.74, 6) is 0. The minimum Gasteiger partial charge on any atom is -0.390 e. The van der Waals surface area contributed by atoms with Crippen LogP contribution in [-0.2, 0) is 13.8 Å². The number of aliphatic hydroxyl groups is 1. The van der Waals surface area contributed by atoms with Crippen molar-refractivity contribution in [3.63, 3.8) is 0 Å². The van der Waals surface area contributed by atoms with Crippen molar-refractivity contribution in [2.75, 3.05) is 12.8 Å². The SMILES string of the molecule is C.C.C.C.CC(CCP(=O)(O)OCC1OC(C)CC1O)NO. The Balaban J connectivity index is -0.000000405. The summed E-state index contributed by atoms with van der Waals surface area (Å²) >= 11 is 0. The first-order valence-corrected chi connectivity index (χ1v) is 7.80. The molecule has 0 radical (unpaired) electrons. The van der Waals surface area contributed by atoms with Crippen LogP contribution < -0.4 is 5.48 Å². The van der Waals surface area contributed by atoms with Gasteiger partial charge in [-0.25, -0.2) is 5.48 Å². The van der Waals surface area contributed by atoms with Gasteiger partial charge in [0.2, 0.25) is 0 Å². The molecular formula is C14H38NO6P. The Morgan fingerprint density at radius 1 is 1.36 bits per heavy atom. The van der Waals surface area contributed by atoms with E-state index in [2.05, 4.69) is 0 Å². The van der Waals surface area contributed by atoms with E-state index in [0.717, 1.165) is 0 Å². The van der Waals surface area contributed by atoms with Gasteiger partial charge < -0.3 is 24.5 Å². The third kappa shape index (κ3) is 10.7. The van der Waals surface area contributed by atoms with Crippen LogP contribution in [0.4, 0.5) is 0 Å². The second-order valence-electron chi connectivity index (χ2n) is 4.76. The van der Waals surface area contributed by atoms with Crippen LogP contribution in [0, 0.1) is 0 Å². The van der Waals surface area contributed by atoms with Gasteiger partial charge in [-0.3, -0.25) is 4.57 Å². The second-order valence-corrected chi connectivity index (χ2v) is 6.74. The fourth-order valence-corrected chi connectivity index (χ4v) is 2.99. The standard InChI is InChI=1S/C10H22NO6P.4CH4/c1-7(11-13)3-4-18(14,15)16-6-10-9(12)5-8(2)17-10;;;;/h7-13H,3-6H2,1-2H3,(H,14,15);4*1H4. The molecule has 0 aromatic rings. The maximum atomic E-state index is 11.7. The van der Waals surface area contributed by atoms with Crippen molar-refractivity contribution in [2.45, 2.75) is 80.7 Å². The molecule has 0 amide bonds. The molecule has 0 spiro atoms. The van der Waals surface area contributed by atoms with E-state index in [1.54, 1.807) is 6.92 Å². The van der Waals surface area contributed by atoms with Gasteiger partial charge in [0.25, 0.3) is 0 Å². The molecule has 22 heavy (non-hydrogen) atoms. The number of rotatable bonds is 7. The summed E-state index contributed by atoms with van der Waals surface area (Å²) in [5, 5.41) is 18.2. The predicted octanol–water partition coefficient (Wildman–Crippen LogP) is 3.03. The van der Waals surface area contributed by atoms with Gasteiger partial charge in [0.15, 0.2) is 0 Å². The molecule has 5 unspecified atom stereocenters. The predicted molar refractivity (Wildman–Crippen MR) is 91.5 cm³/mol. The van der Waals surface area contributed by atoms with Crippen molar-refractivity contribution >= 4 is 7.60 Å². The molecule has 0 aliphatic carbocycles. The van der Waals surface area contributed by atoms with E-state index in [-0.39, 0.29) is 54.6 Å². The Kier molecular flexibility index (Phi) is 18.3. The molecule has 4 N–H and O–H groups in total. The second kappa shape index (κ2) is 13.4. The topological polar surface area (TPSA) is 108 Å². The molecule has 1 heterocycles. The molecule has 0 bridgehead atoms. The van der Waals surface area contributed by atoms with Crippen molar-refractivity contribution in [3.05, 3.63) is 0 Å². The van der Waals surface area contributed by atoms with E-state index in [1.807, 2.05) is 12.4 Å². The van der Waals surface area contributed by atoms with Crippen molar-refractivity contribution in [2.24, 2.45) is 0 Å². The van der Waals surface area contributed by atoms with Gasteiger partial charge in [0.1, 0.15) is 6.10 Å². The highest BCUT2D eigenvalue weighted by Crippen LogP contribution is 2.43. The molecule has 8 heteroatoms. The average molecular weight is 347 g/mol. The smallest absolute Gasteiger partial charge is 0.328 e. The van der Waals surface area contributed by atoms with Crippen LogP contribution in [0.3, 0.4) is 0 Å². The fraction of sp³-hybridized carbons (Fsp3) is 1.00. The van der Waals surface area contributed by atoms with Crippen LogP contribution in [-0.4, -0.2) is 52.3 Å². The molecular weight excluding hydrogens is 309 g/mol. The Labute approximate surface area is 136 Å². The summed E-state index contributed by atoms with van der Waals surface area (Å²) in [6, 6.07) is -0.276. The molecule has 0 aromatic heterocycles. The summed E-state index contributed by atoms with van der Waals surface area (Å²) in [6.07, 6.45) is -0.499. The largest absolute Gasteiger partial charge is 0.390 e. The number of hydrogen-bond donors (Lipinski definition) is 4. The first kappa shape index (κ1) is 29.9. The van der Waals surface area contributed by atoms with Crippen LogP contribution in [0.2, 0.25) is 0 Å². The molecule has 140 valence electrons. The number of hydrogen-bond acceptors (Lipinski definition) is 6. The Morgan fingerprint density at radius 3 is 2.32 bits per heavy atom. The maximum Gasteiger partial charge on any atom is 0.328 e. The molecule has 0 aromatic carbocycles. The van der Waals surface area contributed by atoms with Crippen LogP contribution in [0.5, 0.6) is 0 Å². The van der Waals surface area contributed by atoms with Crippen molar-refractivity contribution in [3.8, 4) is 0 Å². The van der Waals surface area contributed by atoms with E-state index in [9.17, 15) is 14.6 Å². The van der Waals surface area contributed by atoms with E-state index in [0.29, 0.717) is 12.8 Å². The molecule has 1 aliphatic heterocycles. The zero-order chi connectivity index (χ0) is 13.8. The summed E-state index contributed by atoms with van der Waals surface area (Å²) in [5.41, 5.74) is 2.00. The van der Waals surface area contributed by atoms with Crippen molar-refractivity contribution in [1.29, 1.82) is 0 Å². The quantitative estimate of drug-likeness (QED) is 0.414. The van der Waals surface area contributed by atoms with Crippen molar-refractivity contribution in [1.82, 2.24) is 5.48 Å². The van der Waals surface area contributed by atoms with Gasteiger partial charge in [-0.2, -0.15) is 0 Å². The van der Waals surface area contributed by atoms with Crippen LogP contribution >= 0.6 is 7.60 Å². The normalized spacial score (nSPS) is 27.2. The maximum absolute atomic E-state index is 11.7. The highest BCUT2D eigenvalue weighted by molar-refractivity contribution is 7.52. The molecule has 0 saturated carbocycles. The van der Waals surface area contributed by atoms with Gasteiger partial charge >= 0.3 is 7.60 Å².